The third kappa shape index (κ3) is 3.28. The molecule has 0 saturated carbocycles. The Kier molecular flexibility index (Phi) is 3.76. The zero-order valence-corrected chi connectivity index (χ0v) is 10.2. The van der Waals surface area contributed by atoms with Gasteiger partial charge in [-0.05, 0) is 24.7 Å². The molecule has 1 heterocycles. The van der Waals surface area contributed by atoms with Gasteiger partial charge in [0.2, 0.25) is 5.91 Å². The number of piperazine rings is 1. The molecule has 1 aliphatic rings. The Labute approximate surface area is 102 Å². The number of amides is 1. The summed E-state index contributed by atoms with van der Waals surface area (Å²) in [5.74, 6) is -0.356. The maximum atomic E-state index is 11.1. The van der Waals surface area contributed by atoms with Crippen molar-refractivity contribution in [3.8, 4) is 0 Å². The van der Waals surface area contributed by atoms with E-state index >= 15 is 0 Å². The van der Waals surface area contributed by atoms with E-state index in [4.69, 9.17) is 5.73 Å². The van der Waals surface area contributed by atoms with Crippen LogP contribution in [0, 0.1) is 0 Å². The van der Waals surface area contributed by atoms with Crippen molar-refractivity contribution in [1.29, 1.82) is 0 Å². The number of hydrogen-bond donors (Lipinski definition) is 1. The molecular formula is C13H19N3O. The number of nitrogens with zero attached hydrogens (tertiary/aromatic N) is 2. The van der Waals surface area contributed by atoms with Gasteiger partial charge in [-0.3, -0.25) is 9.69 Å². The van der Waals surface area contributed by atoms with Gasteiger partial charge in [-0.2, -0.15) is 0 Å². The maximum absolute atomic E-state index is 11.1. The first kappa shape index (κ1) is 12.1. The molecule has 0 spiro atoms. The molecule has 1 aliphatic heterocycles. The van der Waals surface area contributed by atoms with Gasteiger partial charge in [0.25, 0.3) is 0 Å². The number of hydrogen-bond acceptors (Lipinski definition) is 3. The van der Waals surface area contributed by atoms with Gasteiger partial charge in [0.1, 0.15) is 0 Å². The average molecular weight is 233 g/mol. The predicted molar refractivity (Wildman–Crippen MR) is 67.7 cm³/mol. The van der Waals surface area contributed by atoms with E-state index in [0.29, 0.717) is 5.56 Å². The van der Waals surface area contributed by atoms with Crippen molar-refractivity contribution in [2.24, 2.45) is 5.73 Å². The lowest BCUT2D eigenvalue weighted by Gasteiger charge is -2.32. The van der Waals surface area contributed by atoms with Crippen LogP contribution >= 0.6 is 0 Å². The molecule has 0 unspecified atom stereocenters. The molecule has 92 valence electrons. The summed E-state index contributed by atoms with van der Waals surface area (Å²) in [4.78, 5) is 15.8. The molecule has 4 nitrogen and oxygen atoms in total. The summed E-state index contributed by atoms with van der Waals surface area (Å²) in [7, 11) is 2.14. The van der Waals surface area contributed by atoms with Gasteiger partial charge in [-0.15, -0.1) is 0 Å². The van der Waals surface area contributed by atoms with Gasteiger partial charge in [0.15, 0.2) is 0 Å². The average Bonchev–Trinajstić information content (AvgIpc) is 2.32. The Morgan fingerprint density at radius 3 is 2.65 bits per heavy atom. The van der Waals surface area contributed by atoms with Crippen molar-refractivity contribution in [1.82, 2.24) is 9.80 Å². The van der Waals surface area contributed by atoms with Crippen LogP contribution in [0.1, 0.15) is 15.9 Å². The van der Waals surface area contributed by atoms with E-state index in [9.17, 15) is 4.79 Å². The van der Waals surface area contributed by atoms with Crippen LogP contribution in [0.2, 0.25) is 0 Å². The lowest BCUT2D eigenvalue weighted by Crippen LogP contribution is -2.43. The molecule has 1 aromatic rings. The fraction of sp³-hybridized carbons (Fsp3) is 0.462. The summed E-state index contributed by atoms with van der Waals surface area (Å²) in [6.07, 6.45) is 0. The number of likely N-dealkylation sites (N-methyl/N-ethyl adjacent to an activating group) is 1. The van der Waals surface area contributed by atoms with Crippen LogP contribution in [0.4, 0.5) is 0 Å². The van der Waals surface area contributed by atoms with E-state index < -0.39 is 0 Å². The van der Waals surface area contributed by atoms with Gasteiger partial charge in [0.05, 0.1) is 0 Å². The summed E-state index contributed by atoms with van der Waals surface area (Å²) in [5.41, 5.74) is 7.03. The normalized spacial score (nSPS) is 18.2. The van der Waals surface area contributed by atoms with E-state index in [2.05, 4.69) is 16.8 Å². The quantitative estimate of drug-likeness (QED) is 0.828. The number of rotatable bonds is 3. The molecule has 0 radical (unpaired) electrons. The second-order valence-electron chi connectivity index (χ2n) is 4.64. The highest BCUT2D eigenvalue weighted by molar-refractivity contribution is 5.92. The van der Waals surface area contributed by atoms with Gasteiger partial charge < -0.3 is 10.6 Å². The minimum atomic E-state index is -0.356. The fourth-order valence-corrected chi connectivity index (χ4v) is 2.09. The van der Waals surface area contributed by atoms with E-state index in [1.54, 1.807) is 6.07 Å². The molecule has 4 heteroatoms. The number of nitrogens with two attached hydrogens (primary N) is 1. The number of carbonyl (C=O) groups is 1. The van der Waals surface area contributed by atoms with Crippen molar-refractivity contribution in [2.75, 3.05) is 33.2 Å². The molecule has 0 aliphatic carbocycles. The Balaban J connectivity index is 1.98. The molecule has 1 fully saturated rings. The second kappa shape index (κ2) is 5.29. The number of carbonyl (C=O) groups excluding carboxylic acids is 1. The molecule has 1 amide bonds. The second-order valence-corrected chi connectivity index (χ2v) is 4.64. The van der Waals surface area contributed by atoms with Crippen LogP contribution in [-0.2, 0) is 6.54 Å². The van der Waals surface area contributed by atoms with E-state index in [0.717, 1.165) is 38.3 Å². The van der Waals surface area contributed by atoms with Gasteiger partial charge >= 0.3 is 0 Å². The van der Waals surface area contributed by atoms with Crippen LogP contribution in [0.5, 0.6) is 0 Å². The Hall–Kier alpha value is -1.39. The van der Waals surface area contributed by atoms with Crippen molar-refractivity contribution in [3.05, 3.63) is 35.4 Å². The monoisotopic (exact) mass is 233 g/mol. The van der Waals surface area contributed by atoms with E-state index in [1.165, 1.54) is 0 Å². The fourth-order valence-electron chi connectivity index (χ4n) is 2.09. The first-order valence-corrected chi connectivity index (χ1v) is 5.95. The molecule has 0 aromatic heterocycles. The summed E-state index contributed by atoms with van der Waals surface area (Å²) >= 11 is 0. The molecule has 0 atom stereocenters. The molecule has 0 bridgehead atoms. The minimum Gasteiger partial charge on any atom is -0.366 e. The zero-order chi connectivity index (χ0) is 12.3. The van der Waals surface area contributed by atoms with Crippen LogP contribution < -0.4 is 5.73 Å². The van der Waals surface area contributed by atoms with E-state index in [-0.39, 0.29) is 5.91 Å². The number of benzene rings is 1. The minimum absolute atomic E-state index is 0.356. The Bertz CT molecular complexity index is 397. The summed E-state index contributed by atoms with van der Waals surface area (Å²) < 4.78 is 0. The third-order valence-electron chi connectivity index (χ3n) is 3.21. The summed E-state index contributed by atoms with van der Waals surface area (Å²) in [5, 5.41) is 0. The first-order valence-electron chi connectivity index (χ1n) is 5.95. The van der Waals surface area contributed by atoms with E-state index in [1.807, 2.05) is 18.2 Å². The highest BCUT2D eigenvalue weighted by atomic mass is 16.1. The lowest BCUT2D eigenvalue weighted by atomic mass is 10.1. The van der Waals surface area contributed by atoms with Gasteiger partial charge in [0, 0.05) is 38.3 Å². The first-order chi connectivity index (χ1) is 8.15. The smallest absolute Gasteiger partial charge is 0.248 e. The number of primary amides is 1. The van der Waals surface area contributed by atoms with Crippen molar-refractivity contribution >= 4 is 5.91 Å². The van der Waals surface area contributed by atoms with Crippen molar-refractivity contribution in [3.63, 3.8) is 0 Å². The molecule has 17 heavy (non-hydrogen) atoms. The van der Waals surface area contributed by atoms with Crippen LogP contribution in [0.25, 0.3) is 0 Å². The van der Waals surface area contributed by atoms with Gasteiger partial charge in [-0.25, -0.2) is 0 Å². The molecule has 2 rings (SSSR count). The van der Waals surface area contributed by atoms with Crippen molar-refractivity contribution in [2.45, 2.75) is 6.54 Å². The zero-order valence-electron chi connectivity index (χ0n) is 10.2. The third-order valence-corrected chi connectivity index (χ3v) is 3.21. The van der Waals surface area contributed by atoms with Crippen molar-refractivity contribution < 1.29 is 4.79 Å². The Morgan fingerprint density at radius 2 is 2.00 bits per heavy atom. The summed E-state index contributed by atoms with van der Waals surface area (Å²) in [6, 6.07) is 7.59. The highest BCUT2D eigenvalue weighted by Gasteiger charge is 2.14. The van der Waals surface area contributed by atoms with Crippen LogP contribution in [0.15, 0.2) is 24.3 Å². The standard InChI is InChI=1S/C13H19N3O/c1-15-5-7-16(8-6-15)10-11-3-2-4-12(9-11)13(14)17/h2-4,9H,5-8,10H2,1H3,(H2,14,17). The van der Waals surface area contributed by atoms with Gasteiger partial charge in [-0.1, -0.05) is 12.1 Å². The van der Waals surface area contributed by atoms with Crippen LogP contribution in [-0.4, -0.2) is 48.9 Å². The SMILES string of the molecule is CN1CCN(Cc2cccc(C(N)=O)c2)CC1. The topological polar surface area (TPSA) is 49.6 Å². The summed E-state index contributed by atoms with van der Waals surface area (Å²) in [6.45, 7) is 5.27. The molecule has 1 aromatic carbocycles. The van der Waals surface area contributed by atoms with Crippen LogP contribution in [0.3, 0.4) is 0 Å². The Morgan fingerprint density at radius 1 is 1.29 bits per heavy atom. The molecule has 2 N–H and O–H groups in total. The molecular weight excluding hydrogens is 214 g/mol. The lowest BCUT2D eigenvalue weighted by molar-refractivity contribution is 0.1000. The predicted octanol–water partition coefficient (Wildman–Crippen LogP) is 0.533. The highest BCUT2D eigenvalue weighted by Crippen LogP contribution is 2.10. The largest absolute Gasteiger partial charge is 0.366 e. The maximum Gasteiger partial charge on any atom is 0.248 e. The molecule has 1 saturated heterocycles.